The Labute approximate surface area is 499 Å². The molecule has 0 saturated carbocycles. The highest BCUT2D eigenvalue weighted by Crippen LogP contribution is 2.38. The summed E-state index contributed by atoms with van der Waals surface area (Å²) in [5.74, 6) is -0.814. The molecule has 85 heavy (non-hydrogen) atoms. The van der Waals surface area contributed by atoms with Gasteiger partial charge in [0, 0.05) is 94.8 Å². The molecule has 0 bridgehead atoms. The molecule has 462 valence electrons. The molecule has 6 unspecified atom stereocenters. The summed E-state index contributed by atoms with van der Waals surface area (Å²) in [4.78, 5) is 102. The number of methoxy groups -OCH3 is 7. The zero-order chi connectivity index (χ0) is 61.3. The quantitative estimate of drug-likeness (QED) is 0.0400. The smallest absolute Gasteiger partial charge is 0.360 e. The lowest BCUT2D eigenvalue weighted by molar-refractivity contribution is -0.140. The molecule has 4 N–H and O–H groups in total. The first-order valence-electron chi connectivity index (χ1n) is 27.3. The number of carbonyl (C=O) groups excluding carboxylic acids is 4. The van der Waals surface area contributed by atoms with Crippen molar-refractivity contribution in [2.75, 3.05) is 150 Å². The van der Waals surface area contributed by atoms with E-state index in [2.05, 4.69) is 15.6 Å². The fourth-order valence-electron chi connectivity index (χ4n) is 11.4. The summed E-state index contributed by atoms with van der Waals surface area (Å²) >= 11 is 1.90. The van der Waals surface area contributed by atoms with E-state index in [-0.39, 0.29) is 116 Å². The second-order valence-electron chi connectivity index (χ2n) is 20.6. The van der Waals surface area contributed by atoms with Crippen molar-refractivity contribution in [3.05, 3.63) is 108 Å². The summed E-state index contributed by atoms with van der Waals surface area (Å²) in [5.41, 5.74) is 8.07. The number of aliphatic hydroxyl groups excluding tert-OH is 2. The van der Waals surface area contributed by atoms with Crippen LogP contribution in [0.4, 0.5) is 0 Å². The van der Waals surface area contributed by atoms with Crippen molar-refractivity contribution in [2.24, 2.45) is 0 Å². The molecule has 0 aliphatic carbocycles. The van der Waals surface area contributed by atoms with E-state index in [1.807, 2.05) is 46.5 Å². The van der Waals surface area contributed by atoms with Crippen molar-refractivity contribution >= 4 is 46.2 Å². The van der Waals surface area contributed by atoms with Crippen LogP contribution in [0.15, 0.2) is 37.4 Å². The molecule has 4 aromatic heterocycles. The summed E-state index contributed by atoms with van der Waals surface area (Å²) in [6.07, 6.45) is -1.81. The molecule has 0 aromatic carbocycles. The Kier molecular flexibility index (Phi) is 19.2. The van der Waals surface area contributed by atoms with Crippen molar-refractivity contribution in [3.63, 3.8) is 0 Å². The number of morpholine rings is 2. The lowest BCUT2D eigenvalue weighted by atomic mass is 10.1. The second-order valence-corrected chi connectivity index (χ2v) is 21.6. The average molecular weight is 1310 g/mol. The number of nitrogens with one attached hydrogen (secondary N) is 2. The minimum absolute atomic E-state index is 0.00204. The molecule has 0 spiro atoms. The van der Waals surface area contributed by atoms with Crippen LogP contribution in [0, 0.1) is 3.57 Å². The van der Waals surface area contributed by atoms with E-state index in [1.165, 1.54) is 68.0 Å². The molecule has 2 fully saturated rings. The lowest BCUT2D eigenvalue weighted by Gasteiger charge is -2.46. The van der Waals surface area contributed by atoms with E-state index in [0.717, 1.165) is 11.4 Å². The first kappa shape index (κ1) is 62.3. The van der Waals surface area contributed by atoms with Gasteiger partial charge < -0.3 is 78.2 Å². The number of halogens is 1. The maximum absolute atomic E-state index is 12.8. The topological polar surface area (TPSA) is 326 Å². The first-order valence-corrected chi connectivity index (χ1v) is 28.3. The normalized spacial score (nSPS) is 21.5. The second kappa shape index (κ2) is 26.1. The standard InChI is InChI=1S/C17H26N2O6.C13H14IN3O5.C13H15N3O5.C11H14N2O4/c1-11-9-18-19-12(11)8-14(21)17(24-4)16(19)13(20)6-5-7-25-10-15(22-2)23-3;1-21-12-10-13(20)15-2-3-22-5-7(15)16-4-6(18)9(17(10)16)8(14)11(12)19;1-20-12-8(17)4-7-9(18)5-15-10-6-21-3-2-14(10)13(19)11(12)16(7)15;1-6-5-12-13-7(6)4-8(14)10(16-2)9(13)11(15)17-3/h8,11,15,18H,5-7,9-10H2,1-4H3;6-7,18H,2-5H2,1H3;4,9-10,18H,2-3,5-6H2,1H3;4,6,12H,5H2,1-3H3. The molecule has 31 heteroatoms. The van der Waals surface area contributed by atoms with E-state index in [4.69, 9.17) is 42.6 Å². The third-order valence-corrected chi connectivity index (χ3v) is 16.7. The van der Waals surface area contributed by atoms with E-state index in [1.54, 1.807) is 28.5 Å². The number of esters is 1. The third kappa shape index (κ3) is 11.3. The molecule has 6 atom stereocenters. The van der Waals surface area contributed by atoms with Crippen molar-refractivity contribution in [1.82, 2.24) is 28.5 Å². The Bertz CT molecular complexity index is 3490. The monoisotopic (exact) mass is 1300 g/mol. The number of hydrogen-bond acceptors (Lipinski definition) is 24. The predicted molar refractivity (Wildman–Crippen MR) is 308 cm³/mol. The Morgan fingerprint density at radius 3 is 1.67 bits per heavy atom. The average Bonchev–Trinajstić information content (AvgIpc) is 1.80. The SMILES string of the molecule is COC(=O)c1c(OC)c(=O)cc2n1NCC2C.COc1c(C(=O)CCCOCC(OC)OC)n2c(cc1=O)C(C)CN2.COc1c2n3c(c(I)c1=O)C(O)CN3C1COCCN1C2=O.COc1c2n3c(cc1=O)C(O)CN3C1COCCN1C2=O. The zero-order valence-corrected chi connectivity index (χ0v) is 50.5. The number of carbonyl (C=O) groups is 4. The van der Waals surface area contributed by atoms with Crippen LogP contribution < -0.4 is 61.5 Å². The Morgan fingerprint density at radius 2 is 1.14 bits per heavy atom. The van der Waals surface area contributed by atoms with Crippen LogP contribution >= 0.6 is 22.6 Å². The van der Waals surface area contributed by atoms with E-state index >= 15 is 0 Å². The number of ether oxygens (including phenoxy) is 10. The van der Waals surface area contributed by atoms with E-state index < -0.39 is 24.5 Å². The molecule has 2 saturated heterocycles. The number of amides is 2. The fraction of sp³-hybridized carbons (Fsp3) is 0.556. The number of hydrogen-bond donors (Lipinski definition) is 4. The summed E-state index contributed by atoms with van der Waals surface area (Å²) in [6.45, 7) is 9.22. The Hall–Kier alpha value is -7.27. The van der Waals surface area contributed by atoms with Gasteiger partial charge in [-0.15, -0.1) is 0 Å². The van der Waals surface area contributed by atoms with E-state index in [9.17, 15) is 48.6 Å². The Balaban J connectivity index is 0.000000137. The number of fused-ring (bicyclic) bond motifs is 6. The van der Waals surface area contributed by atoms with Crippen LogP contribution in [0.3, 0.4) is 0 Å². The number of ketones is 1. The van der Waals surface area contributed by atoms with Gasteiger partial charge in [-0.05, 0) is 29.0 Å². The number of Topliss-reactive ketones (excluding diaryl/α,β-unsaturated/α-hetero) is 1. The molecular formula is C54H69IN10O20. The molecule has 12 heterocycles. The largest absolute Gasteiger partial charge is 0.491 e. The zero-order valence-electron chi connectivity index (χ0n) is 48.4. The minimum atomic E-state index is -0.820. The van der Waals surface area contributed by atoms with Crippen LogP contribution in [-0.4, -0.2) is 210 Å². The first-order chi connectivity index (χ1) is 40.8. The molecule has 0 radical (unpaired) electrons. The van der Waals surface area contributed by atoms with Gasteiger partial charge in [-0.25, -0.2) is 14.1 Å². The van der Waals surface area contributed by atoms with Gasteiger partial charge in [0.1, 0.15) is 24.5 Å². The maximum Gasteiger partial charge on any atom is 0.360 e. The van der Waals surface area contributed by atoms with Gasteiger partial charge in [0.25, 0.3) is 11.8 Å². The van der Waals surface area contributed by atoms with Gasteiger partial charge in [0.15, 0.2) is 57.8 Å². The highest BCUT2D eigenvalue weighted by molar-refractivity contribution is 14.1. The molecule has 2 amide bonds. The van der Waals surface area contributed by atoms with Crippen LogP contribution in [0.2, 0.25) is 0 Å². The van der Waals surface area contributed by atoms with Gasteiger partial charge in [-0.3, -0.25) is 52.9 Å². The third-order valence-electron chi connectivity index (χ3n) is 15.6. The molecule has 8 aliphatic rings. The highest BCUT2D eigenvalue weighted by Gasteiger charge is 2.49. The maximum atomic E-state index is 12.8. The Morgan fingerprint density at radius 1 is 0.659 bits per heavy atom. The van der Waals surface area contributed by atoms with Gasteiger partial charge >= 0.3 is 5.97 Å². The summed E-state index contributed by atoms with van der Waals surface area (Å²) in [7, 11) is 9.85. The van der Waals surface area contributed by atoms with Crippen LogP contribution in [0.5, 0.6) is 23.0 Å². The fourth-order valence-corrected chi connectivity index (χ4v) is 12.3. The van der Waals surface area contributed by atoms with Gasteiger partial charge in [-0.2, -0.15) is 0 Å². The van der Waals surface area contributed by atoms with Gasteiger partial charge in [-0.1, -0.05) is 13.8 Å². The van der Waals surface area contributed by atoms with Crippen molar-refractivity contribution in [3.8, 4) is 23.0 Å². The van der Waals surface area contributed by atoms with Crippen LogP contribution in [0.1, 0.15) is 115 Å². The predicted octanol–water partition coefficient (Wildman–Crippen LogP) is -0.667. The number of aliphatic hydroxyl groups is 2. The molecule has 30 nitrogen and oxygen atoms in total. The number of aromatic nitrogens is 4. The molecule has 8 aliphatic heterocycles. The number of rotatable bonds is 14. The van der Waals surface area contributed by atoms with Crippen molar-refractivity contribution in [2.45, 2.75) is 69.4 Å². The highest BCUT2D eigenvalue weighted by atomic mass is 127. The number of pyridine rings is 4. The molecule has 12 rings (SSSR count). The van der Waals surface area contributed by atoms with Crippen molar-refractivity contribution in [1.29, 1.82) is 0 Å². The van der Waals surface area contributed by atoms with Crippen LogP contribution in [-0.2, 0) is 28.4 Å². The van der Waals surface area contributed by atoms with Crippen molar-refractivity contribution < 1.29 is 76.8 Å². The lowest BCUT2D eigenvalue weighted by Crippen LogP contribution is -2.64. The molecule has 4 aromatic rings. The number of nitrogens with zero attached hydrogens (tertiary/aromatic N) is 8. The van der Waals surface area contributed by atoms with Gasteiger partial charge in [0.05, 0.1) is 96.6 Å². The summed E-state index contributed by atoms with van der Waals surface area (Å²) in [6, 6.07) is 4.34. The minimum Gasteiger partial charge on any atom is -0.491 e. The summed E-state index contributed by atoms with van der Waals surface area (Å²) < 4.78 is 58.5. The van der Waals surface area contributed by atoms with Gasteiger partial charge in [0.2, 0.25) is 21.7 Å². The van der Waals surface area contributed by atoms with E-state index in [0.29, 0.717) is 100 Å². The molecular weight excluding hydrogens is 1240 g/mol. The van der Waals surface area contributed by atoms with Crippen LogP contribution in [0.25, 0.3) is 0 Å². The summed E-state index contributed by atoms with van der Waals surface area (Å²) in [5, 5.41) is 24.3.